The first-order valence-corrected chi connectivity index (χ1v) is 5.98. The highest BCUT2D eigenvalue weighted by atomic mass is 15.2. The van der Waals surface area contributed by atoms with Crippen molar-refractivity contribution in [3.8, 4) is 5.69 Å². The minimum atomic E-state index is 0.476. The monoisotopic (exact) mass is 238 g/mol. The number of nitrogens with two attached hydrogens (primary N) is 1. The zero-order valence-corrected chi connectivity index (χ0v) is 10.2. The highest BCUT2D eigenvalue weighted by Gasteiger charge is 2.12. The summed E-state index contributed by atoms with van der Waals surface area (Å²) in [4.78, 5) is 8.72. The summed E-state index contributed by atoms with van der Waals surface area (Å²) in [6.45, 7) is 2.13. The van der Waals surface area contributed by atoms with Gasteiger partial charge >= 0.3 is 0 Å². The van der Waals surface area contributed by atoms with Crippen LogP contribution in [0.3, 0.4) is 0 Å². The Hall–Kier alpha value is -2.36. The maximum Gasteiger partial charge on any atom is 0.207 e. The third kappa shape index (κ3) is 1.54. The van der Waals surface area contributed by atoms with Crippen LogP contribution in [0, 0.1) is 0 Å². The molecule has 2 aromatic heterocycles. The van der Waals surface area contributed by atoms with Gasteiger partial charge in [0.2, 0.25) is 5.95 Å². The normalized spacial score (nSPS) is 10.9. The lowest BCUT2D eigenvalue weighted by atomic mass is 10.1. The van der Waals surface area contributed by atoms with E-state index in [1.54, 1.807) is 6.20 Å². The number of nitrogens with zero attached hydrogens (tertiary/aromatic N) is 3. The summed E-state index contributed by atoms with van der Waals surface area (Å²) >= 11 is 0. The first-order chi connectivity index (χ1) is 8.81. The predicted octanol–water partition coefficient (Wildman–Crippen LogP) is 2.57. The summed E-state index contributed by atoms with van der Waals surface area (Å²) in [5.41, 5.74) is 9.93. The van der Waals surface area contributed by atoms with E-state index in [-0.39, 0.29) is 0 Å². The number of hydrogen-bond acceptors (Lipinski definition) is 3. The maximum absolute atomic E-state index is 6.02. The molecular weight excluding hydrogens is 224 g/mol. The summed E-state index contributed by atoms with van der Waals surface area (Å²) in [6.07, 6.45) is 2.70. The molecule has 0 bridgehead atoms. The zero-order chi connectivity index (χ0) is 12.5. The number of nitrogen functional groups attached to an aromatic ring is 1. The number of aryl methyl sites for hydroxylation is 1. The Morgan fingerprint density at radius 3 is 2.83 bits per heavy atom. The van der Waals surface area contributed by atoms with Gasteiger partial charge in [0.05, 0.1) is 5.69 Å². The van der Waals surface area contributed by atoms with Crippen molar-refractivity contribution >= 4 is 17.1 Å². The molecule has 0 aliphatic rings. The van der Waals surface area contributed by atoms with E-state index in [9.17, 15) is 0 Å². The highest BCUT2D eigenvalue weighted by molar-refractivity contribution is 5.77. The Morgan fingerprint density at radius 2 is 2.00 bits per heavy atom. The number of aromatic nitrogens is 3. The van der Waals surface area contributed by atoms with Crippen molar-refractivity contribution in [1.82, 2.24) is 14.5 Å². The molecule has 0 aliphatic carbocycles. The van der Waals surface area contributed by atoms with Crippen molar-refractivity contribution in [3.63, 3.8) is 0 Å². The Kier molecular flexibility index (Phi) is 2.48. The number of para-hydroxylation sites is 1. The summed E-state index contributed by atoms with van der Waals surface area (Å²) in [5, 5.41) is 0. The summed E-state index contributed by atoms with van der Waals surface area (Å²) in [6, 6.07) is 12.0. The average Bonchev–Trinajstić information content (AvgIpc) is 2.74. The van der Waals surface area contributed by atoms with Gasteiger partial charge in [-0.2, -0.15) is 0 Å². The summed E-state index contributed by atoms with van der Waals surface area (Å²) < 4.78 is 1.91. The molecule has 0 saturated carbocycles. The van der Waals surface area contributed by atoms with Crippen LogP contribution in [-0.2, 0) is 6.42 Å². The van der Waals surface area contributed by atoms with E-state index >= 15 is 0 Å². The molecule has 0 saturated heterocycles. The predicted molar refractivity (Wildman–Crippen MR) is 72.7 cm³/mol. The van der Waals surface area contributed by atoms with Gasteiger partial charge in [0.15, 0.2) is 5.65 Å². The number of fused-ring (bicyclic) bond motifs is 1. The molecule has 4 heteroatoms. The third-order valence-electron chi connectivity index (χ3n) is 3.06. The highest BCUT2D eigenvalue weighted by Crippen LogP contribution is 2.23. The Morgan fingerprint density at radius 1 is 1.17 bits per heavy atom. The lowest BCUT2D eigenvalue weighted by Crippen LogP contribution is -2.04. The second-order valence-electron chi connectivity index (χ2n) is 4.13. The van der Waals surface area contributed by atoms with Crippen molar-refractivity contribution < 1.29 is 0 Å². The minimum Gasteiger partial charge on any atom is -0.369 e. The van der Waals surface area contributed by atoms with Gasteiger partial charge in [0, 0.05) is 6.20 Å². The van der Waals surface area contributed by atoms with Gasteiger partial charge in [-0.15, -0.1) is 0 Å². The number of imidazole rings is 1. The van der Waals surface area contributed by atoms with E-state index in [0.29, 0.717) is 5.95 Å². The molecule has 0 amide bonds. The van der Waals surface area contributed by atoms with Crippen LogP contribution in [0.2, 0.25) is 0 Å². The van der Waals surface area contributed by atoms with Crippen LogP contribution in [0.4, 0.5) is 5.95 Å². The van der Waals surface area contributed by atoms with Gasteiger partial charge in [-0.05, 0) is 30.2 Å². The number of anilines is 1. The van der Waals surface area contributed by atoms with E-state index in [1.807, 2.05) is 34.9 Å². The average molecular weight is 238 g/mol. The number of rotatable bonds is 2. The second kappa shape index (κ2) is 4.14. The van der Waals surface area contributed by atoms with Crippen LogP contribution >= 0.6 is 0 Å². The number of pyridine rings is 1. The zero-order valence-electron chi connectivity index (χ0n) is 10.2. The molecule has 0 atom stereocenters. The molecule has 3 rings (SSSR count). The fraction of sp³-hybridized carbons (Fsp3) is 0.143. The molecule has 2 heterocycles. The molecule has 0 spiro atoms. The molecule has 2 N–H and O–H groups in total. The van der Waals surface area contributed by atoms with E-state index in [4.69, 9.17) is 5.73 Å². The molecule has 0 aliphatic heterocycles. The van der Waals surface area contributed by atoms with E-state index in [1.165, 1.54) is 5.56 Å². The van der Waals surface area contributed by atoms with E-state index in [2.05, 4.69) is 23.0 Å². The molecular formula is C14H14N4. The third-order valence-corrected chi connectivity index (χ3v) is 3.06. The molecule has 18 heavy (non-hydrogen) atoms. The maximum atomic E-state index is 6.02. The van der Waals surface area contributed by atoms with Crippen LogP contribution in [0.1, 0.15) is 12.5 Å². The number of hydrogen-bond donors (Lipinski definition) is 1. The summed E-state index contributed by atoms with van der Waals surface area (Å²) in [5.74, 6) is 0.476. The second-order valence-corrected chi connectivity index (χ2v) is 4.13. The quantitative estimate of drug-likeness (QED) is 0.746. The van der Waals surface area contributed by atoms with Crippen molar-refractivity contribution in [1.29, 1.82) is 0 Å². The van der Waals surface area contributed by atoms with Crippen LogP contribution in [-0.4, -0.2) is 14.5 Å². The van der Waals surface area contributed by atoms with Crippen molar-refractivity contribution in [2.75, 3.05) is 5.73 Å². The van der Waals surface area contributed by atoms with Gasteiger partial charge in [-0.25, -0.2) is 9.97 Å². The van der Waals surface area contributed by atoms with Crippen molar-refractivity contribution in [2.24, 2.45) is 0 Å². The molecule has 4 nitrogen and oxygen atoms in total. The summed E-state index contributed by atoms with van der Waals surface area (Å²) in [7, 11) is 0. The van der Waals surface area contributed by atoms with E-state index in [0.717, 1.165) is 23.3 Å². The van der Waals surface area contributed by atoms with Crippen LogP contribution in [0.25, 0.3) is 16.9 Å². The minimum absolute atomic E-state index is 0.476. The lowest BCUT2D eigenvalue weighted by molar-refractivity contribution is 1.02. The van der Waals surface area contributed by atoms with Gasteiger partial charge in [-0.1, -0.05) is 25.1 Å². The first kappa shape index (κ1) is 10.8. The van der Waals surface area contributed by atoms with Crippen LogP contribution in [0.15, 0.2) is 42.6 Å². The van der Waals surface area contributed by atoms with Crippen LogP contribution < -0.4 is 5.73 Å². The number of benzene rings is 1. The Labute approximate surface area is 105 Å². The Bertz CT molecular complexity index is 700. The fourth-order valence-corrected chi connectivity index (χ4v) is 2.20. The van der Waals surface area contributed by atoms with Crippen LogP contribution in [0.5, 0.6) is 0 Å². The molecule has 3 aromatic rings. The van der Waals surface area contributed by atoms with Crippen molar-refractivity contribution in [2.45, 2.75) is 13.3 Å². The molecule has 1 aromatic carbocycles. The Balaban J connectivity index is 2.34. The van der Waals surface area contributed by atoms with Gasteiger partial charge < -0.3 is 5.73 Å². The largest absolute Gasteiger partial charge is 0.369 e. The van der Waals surface area contributed by atoms with E-state index < -0.39 is 0 Å². The first-order valence-electron chi connectivity index (χ1n) is 5.98. The van der Waals surface area contributed by atoms with Gasteiger partial charge in [0.25, 0.3) is 0 Å². The van der Waals surface area contributed by atoms with Crippen molar-refractivity contribution in [3.05, 3.63) is 48.2 Å². The standard InChI is InChI=1S/C14H14N4/c1-2-10-6-3-4-8-12(10)18-13-11(17-14(18)15)7-5-9-16-13/h3-9H,2H2,1H3,(H2,15,17). The smallest absolute Gasteiger partial charge is 0.207 e. The topological polar surface area (TPSA) is 56.7 Å². The van der Waals surface area contributed by atoms with Gasteiger partial charge in [-0.3, -0.25) is 4.57 Å². The lowest BCUT2D eigenvalue weighted by Gasteiger charge is -2.10. The SMILES string of the molecule is CCc1ccccc1-n1c(N)nc2cccnc21. The molecule has 0 fully saturated rings. The van der Waals surface area contributed by atoms with Gasteiger partial charge in [0.1, 0.15) is 5.52 Å². The molecule has 0 unspecified atom stereocenters. The fourth-order valence-electron chi connectivity index (χ4n) is 2.20. The molecule has 0 radical (unpaired) electrons. The molecule has 90 valence electrons.